The van der Waals surface area contributed by atoms with Crippen LogP contribution in [0.15, 0.2) is 54.6 Å². The van der Waals surface area contributed by atoms with E-state index in [9.17, 15) is 47.1 Å². The topological polar surface area (TPSA) is 244 Å². The lowest BCUT2D eigenvalue weighted by Crippen LogP contribution is -2.59. The second kappa shape index (κ2) is 26.4. The van der Waals surface area contributed by atoms with E-state index in [1.807, 2.05) is 0 Å². The molecular weight excluding hydrogens is 990 g/mol. The molecule has 0 aliphatic carbocycles. The van der Waals surface area contributed by atoms with Crippen molar-refractivity contribution in [2.24, 2.45) is 22.7 Å². The van der Waals surface area contributed by atoms with Crippen LogP contribution in [0.5, 0.6) is 0 Å². The van der Waals surface area contributed by atoms with Crippen LogP contribution in [0, 0.1) is 34.3 Å². The Morgan fingerprint density at radius 1 is 0.630 bits per heavy atom. The van der Waals surface area contributed by atoms with E-state index >= 15 is 0 Å². The maximum atomic E-state index is 14.4. The largest absolute Gasteiger partial charge is 0.350 e. The molecule has 0 unspecified atom stereocenters. The zero-order valence-corrected chi connectivity index (χ0v) is 44.8. The van der Waals surface area contributed by atoms with Crippen LogP contribution in [0.2, 0.25) is 0 Å². The summed E-state index contributed by atoms with van der Waals surface area (Å²) in [6.45, 7) is 14.2. The SMILES string of the molecule is CN[C@@H](C)C(=O)N[C@H](C(=O)N1C[C@@H](CC(=O)c2cc(C(=O)C[C@H]3C[C@@H](C(=O)NCc4ccc(F)cc4)N(C(=O)[C@@H](NC(=O)[C@H](C)NC)C(C)(C)C)C3)[nH]n2)C[C@H]1C(=O)NCc1ccc(F)cc1)C(C)(C)C.Cl.Cl. The van der Waals surface area contributed by atoms with Crippen molar-refractivity contribution < 1.29 is 47.1 Å². The first-order valence-corrected chi connectivity index (χ1v) is 24.0. The molecule has 7 N–H and O–H groups in total. The summed E-state index contributed by atoms with van der Waals surface area (Å²) in [7, 11) is 3.23. The molecule has 2 aliphatic heterocycles. The highest BCUT2D eigenvalue weighted by Crippen LogP contribution is 2.33. The summed E-state index contributed by atoms with van der Waals surface area (Å²) in [6.07, 6.45) is -0.0589. The Labute approximate surface area is 438 Å². The average Bonchev–Trinajstić information content (AvgIpc) is 4.10. The number of rotatable bonds is 20. The van der Waals surface area contributed by atoms with E-state index < -0.39 is 118 Å². The number of ketones is 2. The zero-order valence-electron chi connectivity index (χ0n) is 43.2. The molecule has 3 aromatic rings. The van der Waals surface area contributed by atoms with Crippen LogP contribution in [-0.4, -0.2) is 130 Å². The highest BCUT2D eigenvalue weighted by molar-refractivity contribution is 6.00. The molecule has 73 heavy (non-hydrogen) atoms. The summed E-state index contributed by atoms with van der Waals surface area (Å²) in [5.74, 6) is -5.59. The average molecular weight is 1060 g/mol. The lowest BCUT2D eigenvalue weighted by Gasteiger charge is -2.36. The number of nitrogens with one attached hydrogen (secondary N) is 7. The number of halogens is 4. The molecule has 0 saturated carbocycles. The van der Waals surface area contributed by atoms with Gasteiger partial charge in [0.05, 0.1) is 12.1 Å². The third-order valence-electron chi connectivity index (χ3n) is 13.3. The number of benzene rings is 2. The van der Waals surface area contributed by atoms with E-state index in [4.69, 9.17) is 0 Å². The second-order valence-corrected chi connectivity index (χ2v) is 21.0. The predicted molar refractivity (Wildman–Crippen MR) is 275 cm³/mol. The Morgan fingerprint density at radius 2 is 1.00 bits per heavy atom. The number of likely N-dealkylation sites (tertiary alicyclic amines) is 2. The minimum atomic E-state index is -1.03. The molecule has 0 bridgehead atoms. The van der Waals surface area contributed by atoms with Gasteiger partial charge in [-0.2, -0.15) is 5.10 Å². The van der Waals surface area contributed by atoms with Gasteiger partial charge in [0.25, 0.3) is 0 Å². The van der Waals surface area contributed by atoms with Crippen LogP contribution < -0.4 is 31.9 Å². The smallest absolute Gasteiger partial charge is 0.246 e. The zero-order chi connectivity index (χ0) is 52.5. The molecule has 2 aromatic carbocycles. The van der Waals surface area contributed by atoms with Gasteiger partial charge in [-0.15, -0.1) is 24.8 Å². The van der Waals surface area contributed by atoms with Crippen molar-refractivity contribution in [3.8, 4) is 0 Å². The van der Waals surface area contributed by atoms with Crippen molar-refractivity contribution in [2.45, 2.75) is 130 Å². The molecule has 3 heterocycles. The minimum absolute atomic E-state index is 0. The molecule has 2 fully saturated rings. The normalized spacial score (nSPS) is 19.3. The van der Waals surface area contributed by atoms with Crippen LogP contribution in [0.4, 0.5) is 8.78 Å². The van der Waals surface area contributed by atoms with E-state index in [1.165, 1.54) is 64.4 Å². The van der Waals surface area contributed by atoms with Crippen LogP contribution in [0.3, 0.4) is 0 Å². The lowest BCUT2D eigenvalue weighted by atomic mass is 9.85. The van der Waals surface area contributed by atoms with Crippen LogP contribution in [-0.2, 0) is 41.9 Å². The Hall–Kier alpha value is -5.83. The summed E-state index contributed by atoms with van der Waals surface area (Å²) in [6, 6.07) is 7.23. The van der Waals surface area contributed by atoms with Crippen molar-refractivity contribution in [1.29, 1.82) is 0 Å². The number of likely N-dealkylation sites (N-methyl/N-ethyl adjacent to an activating group) is 2. The van der Waals surface area contributed by atoms with Crippen molar-refractivity contribution in [2.75, 3.05) is 27.2 Å². The number of carbonyl (C=O) groups excluding carboxylic acids is 8. The summed E-state index contributed by atoms with van der Waals surface area (Å²) in [5.41, 5.74) is -0.308. The Kier molecular flexibility index (Phi) is 22.2. The fraction of sp³-hybridized carbons (Fsp3) is 0.549. The molecule has 5 rings (SSSR count). The number of aromatic amines is 1. The standard InChI is InChI=1S/C51H70F2N10O8.2ClH/c1-28(54-9)44(66)58-42(50(3,4)5)48(70)62-26-32(19-38(62)46(68)56-24-30-11-15-34(52)16-12-30)21-40(64)36-23-37(61-60-36)41(65)22-33-20-39(47(69)57-25-31-13-17-35(53)18-14-31)63(27-33)49(71)43(51(6,7)8)59-45(67)29(2)55-10;;/h11-18,23,28-29,32-33,38-39,42-43,54-55H,19-22,24-27H2,1-10H3,(H,56,68)(H,57,69)(H,58,66)(H,59,67)(H,60,61);2*1H/t28-,29-,32+,33+,38-,39-,42+,43+;;/m0../s1. The molecule has 0 radical (unpaired) electrons. The van der Waals surface area contributed by atoms with Gasteiger partial charge in [0.15, 0.2) is 11.6 Å². The van der Waals surface area contributed by atoms with E-state index in [0.717, 1.165) is 0 Å². The number of carbonyl (C=O) groups is 8. The van der Waals surface area contributed by atoms with Crippen LogP contribution >= 0.6 is 24.8 Å². The molecule has 2 aliphatic rings. The van der Waals surface area contributed by atoms with Gasteiger partial charge in [-0.05, 0) is 105 Å². The van der Waals surface area contributed by atoms with Gasteiger partial charge in [-0.3, -0.25) is 43.5 Å². The van der Waals surface area contributed by atoms with Gasteiger partial charge in [-0.25, -0.2) is 8.78 Å². The second-order valence-electron chi connectivity index (χ2n) is 21.0. The fourth-order valence-electron chi connectivity index (χ4n) is 8.72. The minimum Gasteiger partial charge on any atom is -0.350 e. The van der Waals surface area contributed by atoms with Crippen molar-refractivity contribution in [3.63, 3.8) is 0 Å². The van der Waals surface area contributed by atoms with Gasteiger partial charge in [0.2, 0.25) is 35.4 Å². The lowest BCUT2D eigenvalue weighted by molar-refractivity contribution is -0.144. The predicted octanol–water partition coefficient (Wildman–Crippen LogP) is 4.02. The maximum absolute atomic E-state index is 14.4. The number of aromatic nitrogens is 2. The van der Waals surface area contributed by atoms with E-state index in [-0.39, 0.29) is 88.1 Å². The quantitative estimate of drug-likeness (QED) is 0.0798. The highest BCUT2D eigenvalue weighted by Gasteiger charge is 2.47. The Balaban J connectivity index is 0.00000703. The number of hydrogen-bond donors (Lipinski definition) is 7. The highest BCUT2D eigenvalue weighted by atomic mass is 35.5. The van der Waals surface area contributed by atoms with Gasteiger partial charge < -0.3 is 41.7 Å². The first-order chi connectivity index (χ1) is 33.3. The van der Waals surface area contributed by atoms with Gasteiger partial charge in [0.1, 0.15) is 47.2 Å². The van der Waals surface area contributed by atoms with Crippen molar-refractivity contribution in [3.05, 3.63) is 88.7 Å². The fourth-order valence-corrected chi connectivity index (χ4v) is 8.72. The molecule has 1 aromatic heterocycles. The number of nitrogens with zero attached hydrogens (tertiary/aromatic N) is 3. The number of amides is 6. The van der Waals surface area contributed by atoms with Crippen molar-refractivity contribution >= 4 is 71.8 Å². The van der Waals surface area contributed by atoms with E-state index in [0.29, 0.717) is 11.1 Å². The summed E-state index contributed by atoms with van der Waals surface area (Å²) in [5, 5.41) is 23.9. The molecule has 18 nitrogen and oxygen atoms in total. The van der Waals surface area contributed by atoms with Gasteiger partial charge >= 0.3 is 0 Å². The molecule has 22 heteroatoms. The Bertz CT molecular complexity index is 2270. The molecule has 2 saturated heterocycles. The van der Waals surface area contributed by atoms with Gasteiger partial charge in [0, 0.05) is 39.0 Å². The first-order valence-electron chi connectivity index (χ1n) is 24.0. The third-order valence-corrected chi connectivity index (χ3v) is 13.3. The molecule has 8 atom stereocenters. The summed E-state index contributed by atoms with van der Waals surface area (Å²) in [4.78, 5) is 113. The monoisotopic (exact) mass is 1060 g/mol. The molecule has 402 valence electrons. The van der Waals surface area contributed by atoms with Crippen molar-refractivity contribution in [1.82, 2.24) is 51.9 Å². The van der Waals surface area contributed by atoms with Crippen LogP contribution in [0.25, 0.3) is 0 Å². The summed E-state index contributed by atoms with van der Waals surface area (Å²) >= 11 is 0. The number of H-pyrrole nitrogens is 1. The first kappa shape index (κ1) is 61.5. The van der Waals surface area contributed by atoms with E-state index in [2.05, 4.69) is 42.1 Å². The summed E-state index contributed by atoms with van der Waals surface area (Å²) < 4.78 is 27.2. The molecule has 0 spiro atoms. The Morgan fingerprint density at radius 3 is 1.36 bits per heavy atom. The van der Waals surface area contributed by atoms with E-state index in [1.54, 1.807) is 69.5 Å². The number of hydrogen-bond acceptors (Lipinski definition) is 11. The number of Topliss-reactive ketones (excluding diaryl/α,β-unsaturated/α-hetero) is 2. The maximum Gasteiger partial charge on any atom is 0.246 e. The third kappa shape index (κ3) is 16.3. The molecule has 6 amide bonds. The molecular formula is C51H72Cl2F2N10O8. The van der Waals surface area contributed by atoms with Gasteiger partial charge in [-0.1, -0.05) is 65.8 Å². The van der Waals surface area contributed by atoms with Crippen LogP contribution in [0.1, 0.15) is 113 Å².